The van der Waals surface area contributed by atoms with Crippen molar-refractivity contribution >= 4 is 29.0 Å². The van der Waals surface area contributed by atoms with Crippen LogP contribution in [-0.4, -0.2) is 67.8 Å². The fourth-order valence-electron chi connectivity index (χ4n) is 5.47. The van der Waals surface area contributed by atoms with Crippen LogP contribution in [0, 0.1) is 24.7 Å². The van der Waals surface area contributed by atoms with Gasteiger partial charge in [0.05, 0.1) is 29.6 Å². The van der Waals surface area contributed by atoms with Crippen LogP contribution >= 0.6 is 0 Å². The molecule has 1 amide bonds. The van der Waals surface area contributed by atoms with Gasteiger partial charge in [-0.1, -0.05) is 75.5 Å². The minimum Gasteiger partial charge on any atom is -0.507 e. The van der Waals surface area contributed by atoms with Crippen molar-refractivity contribution in [3.05, 3.63) is 112 Å². The summed E-state index contributed by atoms with van der Waals surface area (Å²) in [6, 6.07) is 1.30. The zero-order valence-electron chi connectivity index (χ0n) is 28.6. The van der Waals surface area contributed by atoms with Crippen LogP contribution in [-0.2, 0) is 9.59 Å². The largest absolute Gasteiger partial charge is 0.507 e. The maximum Gasteiger partial charge on any atom is 0.248 e. The lowest BCUT2D eigenvalue weighted by Gasteiger charge is -2.22. The summed E-state index contributed by atoms with van der Waals surface area (Å²) in [5.74, 6) is -4.96. The zero-order chi connectivity index (χ0) is 36.6. The van der Waals surface area contributed by atoms with E-state index in [9.17, 15) is 44.4 Å². The molecule has 0 saturated carbocycles. The molecule has 0 unspecified atom stereocenters. The number of ketones is 4. The van der Waals surface area contributed by atoms with Gasteiger partial charge in [0, 0.05) is 47.5 Å². The Morgan fingerprint density at radius 3 is 2.12 bits per heavy atom. The van der Waals surface area contributed by atoms with Crippen molar-refractivity contribution in [1.82, 2.24) is 5.32 Å². The first-order valence-electron chi connectivity index (χ1n) is 16.2. The first kappa shape index (κ1) is 38.7. The van der Waals surface area contributed by atoms with Gasteiger partial charge in [0.25, 0.3) is 0 Å². The Morgan fingerprint density at radius 2 is 1.43 bits per heavy atom. The fourth-order valence-corrected chi connectivity index (χ4v) is 5.47. The quantitative estimate of drug-likeness (QED) is 0.244. The number of aliphatic hydroxyl groups is 3. The molecule has 4 bridgehead atoms. The number of carbonyl (C=O) groups excluding carboxylic acids is 5. The molecule has 0 radical (unpaired) electrons. The molecule has 260 valence electrons. The van der Waals surface area contributed by atoms with E-state index < -0.39 is 59.2 Å². The van der Waals surface area contributed by atoms with E-state index in [0.717, 1.165) is 12.2 Å². The van der Waals surface area contributed by atoms with E-state index in [1.54, 1.807) is 64.2 Å². The second-order valence-electron chi connectivity index (χ2n) is 12.7. The Labute approximate surface area is 286 Å². The number of aromatic hydroxyl groups is 1. The maximum absolute atomic E-state index is 13.7. The number of hydrogen-bond donors (Lipinski definition) is 5. The molecule has 0 fully saturated rings. The highest BCUT2D eigenvalue weighted by molar-refractivity contribution is 6.30. The highest BCUT2D eigenvalue weighted by Crippen LogP contribution is 2.35. The number of hydrogen-bond acceptors (Lipinski definition) is 9. The smallest absolute Gasteiger partial charge is 0.248 e. The van der Waals surface area contributed by atoms with Crippen molar-refractivity contribution in [2.75, 3.05) is 0 Å². The lowest BCUT2D eigenvalue weighted by atomic mass is 9.83. The number of phenolic OH excluding ortho intramolecular Hbond substituents is 1. The molecule has 1 aliphatic carbocycles. The molecule has 0 saturated heterocycles. The average Bonchev–Trinajstić information content (AvgIpc) is 3.05. The number of Topliss-reactive ketones (excluding diaryl/α,β-unsaturated/α-hetero) is 3. The van der Waals surface area contributed by atoms with Crippen molar-refractivity contribution in [2.45, 2.75) is 72.7 Å². The zero-order valence-corrected chi connectivity index (χ0v) is 28.6. The number of amides is 1. The van der Waals surface area contributed by atoms with Gasteiger partial charge in [0.1, 0.15) is 5.75 Å². The molecule has 49 heavy (non-hydrogen) atoms. The minimum absolute atomic E-state index is 0.109. The van der Waals surface area contributed by atoms with E-state index in [4.69, 9.17) is 0 Å². The third-order valence-corrected chi connectivity index (χ3v) is 8.67. The summed E-state index contributed by atoms with van der Waals surface area (Å²) in [5.41, 5.74) is -0.339. The van der Waals surface area contributed by atoms with Gasteiger partial charge in [0.15, 0.2) is 17.3 Å². The highest BCUT2D eigenvalue weighted by Gasteiger charge is 2.34. The summed E-state index contributed by atoms with van der Waals surface area (Å²) in [7, 11) is 0. The van der Waals surface area contributed by atoms with Crippen LogP contribution in [0.25, 0.3) is 0 Å². The number of aryl methyl sites for hydroxylation is 1. The summed E-state index contributed by atoms with van der Waals surface area (Å²) >= 11 is 0. The van der Waals surface area contributed by atoms with Gasteiger partial charge < -0.3 is 25.7 Å². The van der Waals surface area contributed by atoms with Crippen molar-refractivity contribution in [1.29, 1.82) is 0 Å². The lowest BCUT2D eigenvalue weighted by Crippen LogP contribution is -2.31. The van der Waals surface area contributed by atoms with Crippen LogP contribution in [0.4, 0.5) is 0 Å². The number of carbonyl (C=O) groups is 5. The molecule has 0 aromatic heterocycles. The molecule has 2 aliphatic heterocycles. The summed E-state index contributed by atoms with van der Waals surface area (Å²) in [5, 5.41) is 45.3. The van der Waals surface area contributed by atoms with Gasteiger partial charge in [-0.2, -0.15) is 0 Å². The van der Waals surface area contributed by atoms with Crippen LogP contribution in [0.3, 0.4) is 0 Å². The van der Waals surface area contributed by atoms with E-state index in [0.29, 0.717) is 5.57 Å². The number of allylic oxidation sites excluding steroid dienone is 8. The standard InChI is InChI=1S/C39H45NO9/c1-21-11-9-7-8-10-12-33(45)40-29-19-32(44)34-28(39(29)49)18-26(6)38(48)35(34)37(47)25(5)17-24(4)36(46)23(3)14-16-27(41)15-13-22(2)31(43)20-30(21)42/h7-14,16-19,21,23-24,27,30,36,41-42,46,48H,15,20H2,1-6H3,(H,40,45)/b8-7+,11-9-,12-10-,16-14-,22-13-,25-17+/t21-,23-,24-,27-,30-,36-/m0/s1. The fraction of sp³-hybridized carbons (Fsp3) is 0.359. The molecule has 4 rings (SSSR count). The topological polar surface area (TPSA) is 178 Å². The van der Waals surface area contributed by atoms with Gasteiger partial charge in [-0.3, -0.25) is 24.0 Å². The molecular formula is C39H45NO9. The molecule has 1 aromatic rings. The van der Waals surface area contributed by atoms with E-state index in [2.05, 4.69) is 5.32 Å². The Hall–Kier alpha value is -4.77. The van der Waals surface area contributed by atoms with E-state index in [-0.39, 0.29) is 58.1 Å². The molecule has 10 heteroatoms. The predicted octanol–water partition coefficient (Wildman–Crippen LogP) is 4.73. The van der Waals surface area contributed by atoms with Crippen molar-refractivity contribution in [3.63, 3.8) is 0 Å². The minimum atomic E-state index is -0.986. The molecule has 10 nitrogen and oxygen atoms in total. The average molecular weight is 672 g/mol. The Kier molecular flexibility index (Phi) is 13.5. The van der Waals surface area contributed by atoms with Gasteiger partial charge in [0.2, 0.25) is 11.7 Å². The van der Waals surface area contributed by atoms with E-state index in [1.807, 2.05) is 0 Å². The first-order valence-corrected chi connectivity index (χ1v) is 16.2. The van der Waals surface area contributed by atoms with Crippen LogP contribution in [0.15, 0.2) is 89.7 Å². The Bertz CT molecular complexity index is 1720. The van der Waals surface area contributed by atoms with Gasteiger partial charge >= 0.3 is 0 Å². The molecular weight excluding hydrogens is 626 g/mol. The summed E-state index contributed by atoms with van der Waals surface area (Å²) in [6.45, 7) is 9.76. The van der Waals surface area contributed by atoms with Crippen molar-refractivity contribution < 1.29 is 44.4 Å². The third-order valence-electron chi connectivity index (χ3n) is 8.67. The van der Waals surface area contributed by atoms with Crippen LogP contribution in [0.1, 0.15) is 84.1 Å². The number of aliphatic hydroxyl groups excluding tert-OH is 3. The second-order valence-corrected chi connectivity index (χ2v) is 12.7. The first-order chi connectivity index (χ1) is 23.0. The van der Waals surface area contributed by atoms with Crippen molar-refractivity contribution in [2.24, 2.45) is 17.8 Å². The van der Waals surface area contributed by atoms with Gasteiger partial charge in [-0.05, 0) is 50.0 Å². The third kappa shape index (κ3) is 9.88. The van der Waals surface area contributed by atoms with E-state index in [1.165, 1.54) is 38.1 Å². The molecule has 5 N–H and O–H groups in total. The summed E-state index contributed by atoms with van der Waals surface area (Å²) in [6.07, 6.45) is 13.4. The number of fused-ring (bicyclic) bond motifs is 18. The number of benzene rings is 1. The Morgan fingerprint density at radius 1 is 0.755 bits per heavy atom. The van der Waals surface area contributed by atoms with Crippen molar-refractivity contribution in [3.8, 4) is 5.75 Å². The predicted molar refractivity (Wildman–Crippen MR) is 186 cm³/mol. The molecule has 3 aliphatic rings. The Balaban J connectivity index is 2.01. The monoisotopic (exact) mass is 671 g/mol. The molecule has 0 spiro atoms. The summed E-state index contributed by atoms with van der Waals surface area (Å²) < 4.78 is 0. The van der Waals surface area contributed by atoms with E-state index >= 15 is 0 Å². The second kappa shape index (κ2) is 17.1. The lowest BCUT2D eigenvalue weighted by molar-refractivity contribution is -0.118. The number of nitrogens with one attached hydrogen (secondary N) is 1. The molecule has 2 heterocycles. The maximum atomic E-state index is 13.7. The van der Waals surface area contributed by atoms with Gasteiger partial charge in [-0.15, -0.1) is 0 Å². The SMILES string of the molecule is C/C1=C/C[C@H](O)/C=C\[C@H](C)[C@H](O)[C@@H](C)/C=C(\C)C(=O)c2c(O)c(C)cc3c2C(=O)C=C(NC(=O)\C=C/C=C/C=C\[C@H](C)[C@@H](O)CC1=O)C3=O. The van der Waals surface area contributed by atoms with Crippen LogP contribution in [0.5, 0.6) is 5.75 Å². The van der Waals surface area contributed by atoms with Crippen LogP contribution < -0.4 is 5.32 Å². The summed E-state index contributed by atoms with van der Waals surface area (Å²) in [4.78, 5) is 65.7. The van der Waals surface area contributed by atoms with Gasteiger partial charge in [-0.25, -0.2) is 0 Å². The molecule has 6 atom stereocenters. The number of rotatable bonds is 0. The number of phenols is 1. The normalized spacial score (nSPS) is 31.5. The van der Waals surface area contributed by atoms with Crippen LogP contribution in [0.2, 0.25) is 0 Å². The molecule has 1 aromatic carbocycles. The highest BCUT2D eigenvalue weighted by atomic mass is 16.3.